The fourth-order valence-corrected chi connectivity index (χ4v) is 1.80. The van der Waals surface area contributed by atoms with E-state index in [4.69, 9.17) is 0 Å². The van der Waals surface area contributed by atoms with E-state index in [9.17, 15) is 9.90 Å². The third kappa shape index (κ3) is 3.39. The second-order valence-electron chi connectivity index (χ2n) is 4.35. The standard InChI is InChI=1S/C13H18O2/c1-9(2)13(7-10(3)14)11-5-4-6-12(15)8-11/h4-6,8-9,13,15H,7H2,1-3H3. The summed E-state index contributed by atoms with van der Waals surface area (Å²) in [5.74, 6) is 1.06. The van der Waals surface area contributed by atoms with Gasteiger partial charge in [0.25, 0.3) is 0 Å². The van der Waals surface area contributed by atoms with Gasteiger partial charge in [-0.25, -0.2) is 0 Å². The molecule has 2 nitrogen and oxygen atoms in total. The Morgan fingerprint density at radius 3 is 2.53 bits per heavy atom. The van der Waals surface area contributed by atoms with E-state index in [1.165, 1.54) is 0 Å². The average Bonchev–Trinajstić information content (AvgIpc) is 2.13. The number of rotatable bonds is 4. The molecule has 0 radical (unpaired) electrons. The van der Waals surface area contributed by atoms with Crippen molar-refractivity contribution in [3.63, 3.8) is 0 Å². The lowest BCUT2D eigenvalue weighted by Gasteiger charge is -2.20. The molecule has 1 atom stereocenters. The highest BCUT2D eigenvalue weighted by Gasteiger charge is 2.17. The van der Waals surface area contributed by atoms with Gasteiger partial charge >= 0.3 is 0 Å². The zero-order chi connectivity index (χ0) is 11.4. The molecule has 1 aromatic carbocycles. The van der Waals surface area contributed by atoms with E-state index in [0.717, 1.165) is 5.56 Å². The van der Waals surface area contributed by atoms with Crippen LogP contribution in [0.2, 0.25) is 0 Å². The van der Waals surface area contributed by atoms with E-state index in [0.29, 0.717) is 12.3 Å². The highest BCUT2D eigenvalue weighted by atomic mass is 16.3. The first-order valence-corrected chi connectivity index (χ1v) is 5.29. The summed E-state index contributed by atoms with van der Waals surface area (Å²) < 4.78 is 0. The Morgan fingerprint density at radius 1 is 1.40 bits per heavy atom. The van der Waals surface area contributed by atoms with Crippen LogP contribution in [0.3, 0.4) is 0 Å². The van der Waals surface area contributed by atoms with Crippen LogP contribution in [-0.4, -0.2) is 10.9 Å². The zero-order valence-corrected chi connectivity index (χ0v) is 9.53. The summed E-state index contributed by atoms with van der Waals surface area (Å²) in [4.78, 5) is 11.2. The Kier molecular flexibility index (Phi) is 3.89. The van der Waals surface area contributed by atoms with Crippen molar-refractivity contribution in [1.29, 1.82) is 0 Å². The molecule has 0 heterocycles. The normalized spacial score (nSPS) is 12.8. The molecule has 0 aliphatic rings. The highest BCUT2D eigenvalue weighted by Crippen LogP contribution is 2.29. The van der Waals surface area contributed by atoms with Crippen LogP contribution >= 0.6 is 0 Å². The van der Waals surface area contributed by atoms with E-state index >= 15 is 0 Å². The van der Waals surface area contributed by atoms with Crippen molar-refractivity contribution < 1.29 is 9.90 Å². The monoisotopic (exact) mass is 206 g/mol. The quantitative estimate of drug-likeness (QED) is 0.821. The summed E-state index contributed by atoms with van der Waals surface area (Å²) in [7, 11) is 0. The Balaban J connectivity index is 2.93. The lowest BCUT2D eigenvalue weighted by Crippen LogP contribution is -2.10. The molecule has 0 spiro atoms. The number of carbonyl (C=O) groups excluding carboxylic acids is 1. The third-order valence-corrected chi connectivity index (χ3v) is 2.61. The molecule has 1 unspecified atom stereocenters. The molecule has 0 amide bonds. The molecule has 0 aliphatic carbocycles. The van der Waals surface area contributed by atoms with Gasteiger partial charge in [-0.2, -0.15) is 0 Å². The third-order valence-electron chi connectivity index (χ3n) is 2.61. The number of ketones is 1. The molecular weight excluding hydrogens is 188 g/mol. The van der Waals surface area contributed by atoms with Gasteiger partial charge in [0.1, 0.15) is 11.5 Å². The first kappa shape index (κ1) is 11.8. The van der Waals surface area contributed by atoms with Crippen molar-refractivity contribution in [2.45, 2.75) is 33.1 Å². The van der Waals surface area contributed by atoms with Gasteiger partial charge in [-0.3, -0.25) is 0 Å². The van der Waals surface area contributed by atoms with Gasteiger partial charge in [0.2, 0.25) is 0 Å². The topological polar surface area (TPSA) is 37.3 Å². The van der Waals surface area contributed by atoms with Gasteiger partial charge in [-0.05, 0) is 36.5 Å². The van der Waals surface area contributed by atoms with Crippen LogP contribution < -0.4 is 0 Å². The van der Waals surface area contributed by atoms with Crippen molar-refractivity contribution in [1.82, 2.24) is 0 Å². The predicted octanol–water partition coefficient (Wildman–Crippen LogP) is 3.11. The summed E-state index contributed by atoms with van der Waals surface area (Å²) in [6.07, 6.45) is 0.543. The van der Waals surface area contributed by atoms with Crippen molar-refractivity contribution in [2.24, 2.45) is 5.92 Å². The Bertz CT molecular complexity index is 342. The van der Waals surface area contributed by atoms with Crippen LogP contribution in [0.5, 0.6) is 5.75 Å². The second kappa shape index (κ2) is 4.96. The number of phenolic OH excluding ortho intramolecular Hbond substituents is 1. The molecule has 1 aromatic rings. The Labute approximate surface area is 90.9 Å². The number of phenols is 1. The summed E-state index contributed by atoms with van der Waals surface area (Å²) in [5, 5.41) is 9.39. The average molecular weight is 206 g/mol. The molecule has 0 aliphatic heterocycles. The lowest BCUT2D eigenvalue weighted by molar-refractivity contribution is -0.117. The van der Waals surface area contributed by atoms with Gasteiger partial charge in [-0.15, -0.1) is 0 Å². The minimum atomic E-state index is 0.192. The van der Waals surface area contributed by atoms with Crippen LogP contribution in [0, 0.1) is 5.92 Å². The molecule has 0 saturated carbocycles. The van der Waals surface area contributed by atoms with Crippen LogP contribution in [0.25, 0.3) is 0 Å². The number of benzene rings is 1. The summed E-state index contributed by atoms with van der Waals surface area (Å²) >= 11 is 0. The maximum absolute atomic E-state index is 11.2. The molecule has 0 saturated heterocycles. The molecular formula is C13H18O2. The van der Waals surface area contributed by atoms with Crippen molar-refractivity contribution in [2.75, 3.05) is 0 Å². The molecule has 0 fully saturated rings. The van der Waals surface area contributed by atoms with E-state index in [1.54, 1.807) is 19.1 Å². The van der Waals surface area contributed by atoms with E-state index in [2.05, 4.69) is 13.8 Å². The van der Waals surface area contributed by atoms with E-state index in [1.807, 2.05) is 12.1 Å². The molecule has 1 N–H and O–H groups in total. The maximum Gasteiger partial charge on any atom is 0.130 e. The first-order chi connectivity index (χ1) is 7.00. The SMILES string of the molecule is CC(=O)CC(c1cccc(O)c1)C(C)C. The molecule has 82 valence electrons. The number of hydrogen-bond acceptors (Lipinski definition) is 2. The zero-order valence-electron chi connectivity index (χ0n) is 9.53. The minimum absolute atomic E-state index is 0.192. The minimum Gasteiger partial charge on any atom is -0.508 e. The molecule has 1 rings (SSSR count). The van der Waals surface area contributed by atoms with Crippen molar-refractivity contribution in [3.05, 3.63) is 29.8 Å². The van der Waals surface area contributed by atoms with E-state index in [-0.39, 0.29) is 17.5 Å². The number of carbonyl (C=O) groups is 1. The van der Waals surface area contributed by atoms with Crippen LogP contribution in [0.4, 0.5) is 0 Å². The fraction of sp³-hybridized carbons (Fsp3) is 0.462. The van der Waals surface area contributed by atoms with Crippen LogP contribution in [-0.2, 0) is 4.79 Å². The van der Waals surface area contributed by atoms with Gasteiger partial charge in [0.05, 0.1) is 0 Å². The Hall–Kier alpha value is -1.31. The van der Waals surface area contributed by atoms with Crippen molar-refractivity contribution >= 4 is 5.78 Å². The summed E-state index contributed by atoms with van der Waals surface area (Å²) in [6.45, 7) is 5.80. The Morgan fingerprint density at radius 2 is 2.07 bits per heavy atom. The summed E-state index contributed by atoms with van der Waals surface area (Å²) in [6, 6.07) is 7.18. The molecule has 0 aromatic heterocycles. The van der Waals surface area contributed by atoms with Crippen molar-refractivity contribution in [3.8, 4) is 5.75 Å². The number of aromatic hydroxyl groups is 1. The molecule has 2 heteroatoms. The smallest absolute Gasteiger partial charge is 0.130 e. The van der Waals surface area contributed by atoms with E-state index < -0.39 is 0 Å². The first-order valence-electron chi connectivity index (χ1n) is 5.29. The number of hydrogen-bond donors (Lipinski definition) is 1. The van der Waals surface area contributed by atoms with Gasteiger partial charge in [0.15, 0.2) is 0 Å². The van der Waals surface area contributed by atoms with Gasteiger partial charge < -0.3 is 9.90 Å². The largest absolute Gasteiger partial charge is 0.508 e. The predicted molar refractivity (Wildman–Crippen MR) is 61.0 cm³/mol. The molecule has 0 bridgehead atoms. The van der Waals surface area contributed by atoms with Crippen LogP contribution in [0.1, 0.15) is 38.7 Å². The highest BCUT2D eigenvalue weighted by molar-refractivity contribution is 5.76. The summed E-state index contributed by atoms with van der Waals surface area (Å²) in [5.41, 5.74) is 1.04. The number of Topliss-reactive ketones (excluding diaryl/α,β-unsaturated/α-hetero) is 1. The lowest BCUT2D eigenvalue weighted by atomic mass is 9.84. The fourth-order valence-electron chi connectivity index (χ4n) is 1.80. The second-order valence-corrected chi connectivity index (χ2v) is 4.35. The van der Waals surface area contributed by atoms with Gasteiger partial charge in [-0.1, -0.05) is 26.0 Å². The maximum atomic E-state index is 11.2. The van der Waals surface area contributed by atoms with Gasteiger partial charge in [0, 0.05) is 6.42 Å². The van der Waals surface area contributed by atoms with Crippen LogP contribution in [0.15, 0.2) is 24.3 Å². The molecule has 15 heavy (non-hydrogen) atoms.